The van der Waals surface area contributed by atoms with Crippen molar-refractivity contribution >= 4 is 111 Å². The maximum atomic E-state index is 8.46. The van der Waals surface area contributed by atoms with Crippen LogP contribution in [0.4, 0.5) is 0 Å². The van der Waals surface area contributed by atoms with E-state index in [-0.39, 0.29) is 5.66 Å². The molecule has 474 valence electrons. The van der Waals surface area contributed by atoms with Gasteiger partial charge in [0.15, 0.2) is 16.2 Å². The van der Waals surface area contributed by atoms with Gasteiger partial charge in [0.2, 0.25) is 0 Å². The van der Waals surface area contributed by atoms with E-state index in [0.717, 1.165) is 105 Å². The lowest BCUT2D eigenvalue weighted by atomic mass is 9.88. The van der Waals surface area contributed by atoms with E-state index < -0.39 is 7.12 Å². The van der Waals surface area contributed by atoms with Crippen molar-refractivity contribution in [3.63, 3.8) is 0 Å². The number of furan rings is 8. The Labute approximate surface area is 572 Å². The van der Waals surface area contributed by atoms with Crippen molar-refractivity contribution in [2.45, 2.75) is 27.7 Å². The zero-order chi connectivity index (χ0) is 66.7. The Balaban J connectivity index is 0.000000130. The monoisotopic (exact) mass is 1440 g/mol. The van der Waals surface area contributed by atoms with Crippen molar-refractivity contribution in [3.05, 3.63) is 316 Å². The van der Waals surface area contributed by atoms with E-state index in [0.29, 0.717) is 27.3 Å². The topological polar surface area (TPSA) is 204 Å². The molecule has 0 aliphatic rings. The Morgan fingerprint density at radius 2 is 0.779 bits per heavy atom. The fourth-order valence-electron chi connectivity index (χ4n) is 9.33. The molecule has 0 fully saturated rings. The van der Waals surface area contributed by atoms with E-state index in [4.69, 9.17) is 60.3 Å². The number of benzene rings is 8. The molecule has 0 spiro atoms. The number of aryl methyl sites for hydroxylation is 4. The molecular formula is C76H63B3BrIO14. The van der Waals surface area contributed by atoms with Crippen LogP contribution >= 0.6 is 38.5 Å². The first-order chi connectivity index (χ1) is 46.4. The van der Waals surface area contributed by atoms with Crippen molar-refractivity contribution in [2.75, 3.05) is 0 Å². The van der Waals surface area contributed by atoms with Crippen LogP contribution in [0.15, 0.2) is 326 Å². The Morgan fingerprint density at radius 3 is 1.18 bits per heavy atom. The lowest BCUT2D eigenvalue weighted by Gasteiger charge is -1.96. The van der Waals surface area contributed by atoms with Crippen molar-refractivity contribution in [2.24, 2.45) is 0 Å². The average molecular weight is 1440 g/mol. The zero-order valence-electron chi connectivity index (χ0n) is 52.0. The quantitative estimate of drug-likeness (QED) is 0.0784. The van der Waals surface area contributed by atoms with Crippen LogP contribution in [0.1, 0.15) is 22.3 Å². The predicted molar refractivity (Wildman–Crippen MR) is 388 cm³/mol. The SMILES string of the molecule is Brc1ccc(-c2ccccc2)o1.Cc1c(-c2ccc(-c3ccccc3)o2)oc2ccccc12.Cc1c(O[B]O)oc2ccccc12.Cc1c(O[B]O)oc2ccccc12.Cc1coc2ccccc12.Ic1ccccc1.OB(O)c1ccco1.c1ccc(-c2ccco2)cc1. The van der Waals surface area contributed by atoms with Gasteiger partial charge in [0.25, 0.3) is 11.9 Å². The van der Waals surface area contributed by atoms with E-state index in [2.05, 4.69) is 74.1 Å². The molecule has 0 aliphatic carbocycles. The molecule has 16 aromatic rings. The van der Waals surface area contributed by atoms with Crippen LogP contribution in [-0.4, -0.2) is 42.6 Å². The molecule has 0 atom stereocenters. The molecule has 0 saturated heterocycles. The third kappa shape index (κ3) is 19.7. The number of hydrogen-bond acceptors (Lipinski definition) is 14. The molecular weight excluding hydrogens is 1380 g/mol. The van der Waals surface area contributed by atoms with Crippen molar-refractivity contribution in [1.82, 2.24) is 0 Å². The molecule has 8 heterocycles. The van der Waals surface area contributed by atoms with Gasteiger partial charge < -0.3 is 64.7 Å². The summed E-state index contributed by atoms with van der Waals surface area (Å²) < 4.78 is 54.6. The zero-order valence-corrected chi connectivity index (χ0v) is 55.7. The van der Waals surface area contributed by atoms with E-state index in [1.165, 1.54) is 26.8 Å². The number of fused-ring (bicyclic) bond motifs is 4. The molecule has 0 bridgehead atoms. The first kappa shape index (κ1) is 69.2. The highest BCUT2D eigenvalue weighted by Crippen LogP contribution is 2.36. The largest absolute Gasteiger partial charge is 0.571 e. The molecule has 95 heavy (non-hydrogen) atoms. The number of halogens is 2. The normalized spacial score (nSPS) is 10.2. The molecule has 4 N–H and O–H groups in total. The summed E-state index contributed by atoms with van der Waals surface area (Å²) in [5, 5.41) is 38.0. The average Bonchev–Trinajstić information content (AvgIpc) is 1.68. The maximum absolute atomic E-state index is 8.46. The van der Waals surface area contributed by atoms with Gasteiger partial charge in [-0.2, -0.15) is 0 Å². The molecule has 0 aliphatic heterocycles. The minimum Gasteiger partial charge on any atom is -0.510 e. The second kappa shape index (κ2) is 35.8. The van der Waals surface area contributed by atoms with E-state index >= 15 is 0 Å². The van der Waals surface area contributed by atoms with Gasteiger partial charge in [-0.05, 0) is 157 Å². The molecule has 16 rings (SSSR count). The van der Waals surface area contributed by atoms with Gasteiger partial charge in [0.05, 0.1) is 18.8 Å². The van der Waals surface area contributed by atoms with Crippen LogP contribution in [0.5, 0.6) is 11.9 Å². The van der Waals surface area contributed by atoms with Crippen molar-refractivity contribution in [1.29, 1.82) is 0 Å². The lowest BCUT2D eigenvalue weighted by Crippen LogP contribution is -2.27. The van der Waals surface area contributed by atoms with Gasteiger partial charge in [-0.3, -0.25) is 0 Å². The highest BCUT2D eigenvalue weighted by Gasteiger charge is 2.17. The van der Waals surface area contributed by atoms with Gasteiger partial charge in [0.1, 0.15) is 45.3 Å². The molecule has 0 unspecified atom stereocenters. The second-order valence-corrected chi connectivity index (χ2v) is 22.5. The Morgan fingerprint density at radius 1 is 0.368 bits per heavy atom. The van der Waals surface area contributed by atoms with Crippen LogP contribution in [0, 0.1) is 31.3 Å². The fraction of sp³-hybridized carbons (Fsp3) is 0.0526. The molecule has 8 aromatic carbocycles. The van der Waals surface area contributed by atoms with Crippen LogP contribution in [0.2, 0.25) is 0 Å². The Bertz CT molecular complexity index is 4730. The van der Waals surface area contributed by atoms with Crippen molar-refractivity contribution < 1.29 is 64.7 Å². The molecule has 2 radical (unpaired) electrons. The summed E-state index contributed by atoms with van der Waals surface area (Å²) in [6.45, 7) is 7.87. The smallest absolute Gasteiger partial charge is 0.510 e. The maximum Gasteiger partial charge on any atom is 0.571 e. The molecule has 19 heteroatoms. The third-order valence-electron chi connectivity index (χ3n) is 14.1. The van der Waals surface area contributed by atoms with Crippen LogP contribution in [0.3, 0.4) is 0 Å². The van der Waals surface area contributed by atoms with Gasteiger partial charge in [0, 0.05) is 58.5 Å². The van der Waals surface area contributed by atoms with Crippen LogP contribution < -0.4 is 15.0 Å². The van der Waals surface area contributed by atoms with Gasteiger partial charge >= 0.3 is 22.5 Å². The highest BCUT2D eigenvalue weighted by molar-refractivity contribution is 14.1. The minimum atomic E-state index is -1.48. The number of para-hydroxylation sites is 4. The Kier molecular flexibility index (Phi) is 26.1. The first-order valence-electron chi connectivity index (χ1n) is 29.7. The predicted octanol–water partition coefficient (Wildman–Crippen LogP) is 19.6. The second-order valence-electron chi connectivity index (χ2n) is 20.5. The fourth-order valence-corrected chi connectivity index (χ4v) is 10.1. The highest BCUT2D eigenvalue weighted by atomic mass is 127. The summed E-state index contributed by atoms with van der Waals surface area (Å²) in [7, 11) is -0.250. The van der Waals surface area contributed by atoms with E-state index in [1.54, 1.807) is 18.6 Å². The van der Waals surface area contributed by atoms with Crippen LogP contribution in [0.25, 0.3) is 89.4 Å². The first-order valence-corrected chi connectivity index (χ1v) is 31.5. The van der Waals surface area contributed by atoms with Crippen LogP contribution in [-0.2, 0) is 0 Å². The molecule has 14 nitrogen and oxygen atoms in total. The van der Waals surface area contributed by atoms with E-state index in [1.807, 2.05) is 251 Å². The van der Waals surface area contributed by atoms with Gasteiger partial charge in [-0.1, -0.05) is 182 Å². The third-order valence-corrected chi connectivity index (χ3v) is 15.2. The summed E-state index contributed by atoms with van der Waals surface area (Å²) >= 11 is 5.54. The molecule has 8 aromatic heterocycles. The summed E-state index contributed by atoms with van der Waals surface area (Å²) in [5.74, 6) is 4.91. The summed E-state index contributed by atoms with van der Waals surface area (Å²) in [5.41, 5.74) is 10.9. The standard InChI is InChI=1S/C19H14O2.C10H7BrO.C10H8O.2C9H8BO3.C9H8O.C6H5I.C4H5BO3/c1-13-15-9-5-6-10-17(15)21-19(13)18-12-11-16(20-18)14-7-3-2-4-8-14;11-10-7-6-9(12-10)8-4-2-1-3-5-8;1-2-5-9(6-3-1)10-7-4-8-11-10;2*1-6-7-4-2-3-5-8(7)12-9(6)13-10-11;1-7-6-10-9-5-3-2-4-8(7)9;7-6-4-2-1-3-5-6;6-5(7)4-2-1-3-8-4/h2-12H,1H3;1-7H;1-8H;2*2-5,11H,1H3;2-6H,1H3;1-5H;1-3,6-7H. The Hall–Kier alpha value is -10.1. The van der Waals surface area contributed by atoms with Gasteiger partial charge in [-0.25, -0.2) is 0 Å². The summed E-state index contributed by atoms with van der Waals surface area (Å²) in [6.07, 6.45) is 4.85. The minimum absolute atomic E-state index is 0.171. The molecule has 0 saturated carbocycles. The number of rotatable bonds is 9. The molecule has 0 amide bonds. The summed E-state index contributed by atoms with van der Waals surface area (Å²) in [6, 6.07) is 86.4. The lowest BCUT2D eigenvalue weighted by molar-refractivity contribution is 0.367. The van der Waals surface area contributed by atoms with E-state index in [9.17, 15) is 0 Å². The van der Waals surface area contributed by atoms with Crippen molar-refractivity contribution in [3.8, 4) is 57.4 Å². The number of hydrogen-bond donors (Lipinski definition) is 4. The van der Waals surface area contributed by atoms with Gasteiger partial charge in [-0.15, -0.1) is 0 Å². The summed E-state index contributed by atoms with van der Waals surface area (Å²) in [4.78, 5) is 0.